The van der Waals surface area contributed by atoms with E-state index < -0.39 is 0 Å². The first kappa shape index (κ1) is 16.6. The van der Waals surface area contributed by atoms with Crippen LogP contribution in [-0.4, -0.2) is 18.2 Å². The van der Waals surface area contributed by atoms with Gasteiger partial charge in [-0.2, -0.15) is 0 Å². The highest BCUT2D eigenvalue weighted by Crippen LogP contribution is 2.26. The fraction of sp³-hybridized carbons (Fsp3) is 0.316. The fourth-order valence-electron chi connectivity index (χ4n) is 2.34. The van der Waals surface area contributed by atoms with Gasteiger partial charge in [-0.25, -0.2) is 0 Å². The van der Waals surface area contributed by atoms with Gasteiger partial charge in [0.05, 0.1) is 5.56 Å². The summed E-state index contributed by atoms with van der Waals surface area (Å²) in [7, 11) is 0. The molecule has 0 spiro atoms. The molecule has 2 aromatic carbocycles. The van der Waals surface area contributed by atoms with Gasteiger partial charge in [-0.15, -0.1) is 11.8 Å². The molecule has 0 aliphatic carbocycles. The third-order valence-electron chi connectivity index (χ3n) is 3.47. The normalized spacial score (nSPS) is 10.5. The van der Waals surface area contributed by atoms with Crippen molar-refractivity contribution in [2.45, 2.75) is 31.6 Å². The molecule has 0 atom stereocenters. The number of unbranched alkanes of at least 4 members (excludes halogenated alkanes) is 1. The highest BCUT2D eigenvalue weighted by atomic mass is 32.2. The molecule has 0 aromatic heterocycles. The summed E-state index contributed by atoms with van der Waals surface area (Å²) in [5.74, 6) is 1.06. The van der Waals surface area contributed by atoms with Crippen molar-refractivity contribution in [3.63, 3.8) is 0 Å². The summed E-state index contributed by atoms with van der Waals surface area (Å²) in [5.41, 5.74) is 1.77. The second-order valence-electron chi connectivity index (χ2n) is 5.08. The predicted octanol–water partition coefficient (Wildman–Crippen LogP) is 5.25. The van der Waals surface area contributed by atoms with Gasteiger partial charge in [0, 0.05) is 17.1 Å². The van der Waals surface area contributed by atoms with Gasteiger partial charge in [0.2, 0.25) is 0 Å². The van der Waals surface area contributed by atoms with Crippen molar-refractivity contribution in [1.29, 1.82) is 0 Å². The number of thioether (sulfide) groups is 1. The molecule has 116 valence electrons. The van der Waals surface area contributed by atoms with E-state index in [1.165, 1.54) is 0 Å². The van der Waals surface area contributed by atoms with Crippen LogP contribution < -0.4 is 4.90 Å². The molecule has 3 heteroatoms. The molecule has 0 aliphatic rings. The molecule has 0 heterocycles. The maximum Gasteiger partial charge on any atom is 0.259 e. The Morgan fingerprint density at radius 2 is 1.68 bits per heavy atom. The second kappa shape index (κ2) is 8.64. The number of amides is 1. The molecule has 1 amide bonds. The van der Waals surface area contributed by atoms with E-state index in [0.717, 1.165) is 41.3 Å². The quantitative estimate of drug-likeness (QED) is 0.651. The van der Waals surface area contributed by atoms with E-state index in [9.17, 15) is 4.79 Å². The highest BCUT2D eigenvalue weighted by molar-refractivity contribution is 7.99. The lowest BCUT2D eigenvalue weighted by Gasteiger charge is -2.24. The van der Waals surface area contributed by atoms with Crippen LogP contribution in [-0.2, 0) is 0 Å². The van der Waals surface area contributed by atoms with Gasteiger partial charge >= 0.3 is 0 Å². The molecule has 0 saturated heterocycles. The monoisotopic (exact) mass is 313 g/mol. The summed E-state index contributed by atoms with van der Waals surface area (Å²) in [6, 6.07) is 17.8. The van der Waals surface area contributed by atoms with Gasteiger partial charge in [0.1, 0.15) is 0 Å². The van der Waals surface area contributed by atoms with Crippen LogP contribution in [0.5, 0.6) is 0 Å². The molecule has 0 unspecified atom stereocenters. The van der Waals surface area contributed by atoms with Crippen molar-refractivity contribution in [3.05, 3.63) is 60.2 Å². The van der Waals surface area contributed by atoms with Crippen molar-refractivity contribution >= 4 is 23.4 Å². The van der Waals surface area contributed by atoms with Crippen LogP contribution in [0.1, 0.15) is 37.0 Å². The van der Waals surface area contributed by atoms with E-state index >= 15 is 0 Å². The number of anilines is 1. The lowest BCUT2D eigenvalue weighted by molar-refractivity contribution is 0.0984. The summed E-state index contributed by atoms with van der Waals surface area (Å²) >= 11 is 1.72. The lowest BCUT2D eigenvalue weighted by Crippen LogP contribution is -2.32. The predicted molar refractivity (Wildman–Crippen MR) is 95.9 cm³/mol. The second-order valence-corrected chi connectivity index (χ2v) is 6.38. The number of carbonyl (C=O) groups is 1. The molecule has 2 rings (SSSR count). The first-order valence-corrected chi connectivity index (χ1v) is 8.85. The van der Waals surface area contributed by atoms with Gasteiger partial charge in [0.25, 0.3) is 5.91 Å². The zero-order valence-corrected chi connectivity index (χ0v) is 14.1. The van der Waals surface area contributed by atoms with Crippen LogP contribution in [0, 0.1) is 0 Å². The first-order valence-electron chi connectivity index (χ1n) is 7.86. The van der Waals surface area contributed by atoms with E-state index in [0.29, 0.717) is 0 Å². The van der Waals surface area contributed by atoms with E-state index in [2.05, 4.69) is 13.8 Å². The van der Waals surface area contributed by atoms with Crippen molar-refractivity contribution in [2.24, 2.45) is 0 Å². The summed E-state index contributed by atoms with van der Waals surface area (Å²) < 4.78 is 0. The molecule has 0 saturated carbocycles. The summed E-state index contributed by atoms with van der Waals surface area (Å²) in [5, 5.41) is 0. The van der Waals surface area contributed by atoms with Crippen molar-refractivity contribution in [3.8, 4) is 0 Å². The Morgan fingerprint density at radius 1 is 1.00 bits per heavy atom. The largest absolute Gasteiger partial charge is 0.308 e. The first-order chi connectivity index (χ1) is 10.8. The van der Waals surface area contributed by atoms with Crippen LogP contribution in [0.4, 0.5) is 5.69 Å². The average molecular weight is 313 g/mol. The Bertz CT molecular complexity index is 597. The lowest BCUT2D eigenvalue weighted by atomic mass is 10.1. The molecule has 0 bridgehead atoms. The molecule has 2 nitrogen and oxygen atoms in total. The summed E-state index contributed by atoms with van der Waals surface area (Å²) in [6.45, 7) is 5.01. The smallest absolute Gasteiger partial charge is 0.259 e. The van der Waals surface area contributed by atoms with E-state index in [1.54, 1.807) is 11.8 Å². The Kier molecular flexibility index (Phi) is 6.53. The summed E-state index contributed by atoms with van der Waals surface area (Å²) in [6.07, 6.45) is 2.08. The molecular weight excluding hydrogens is 290 g/mol. The topological polar surface area (TPSA) is 20.3 Å². The Hall–Kier alpha value is -1.74. The minimum absolute atomic E-state index is 0.0937. The van der Waals surface area contributed by atoms with Gasteiger partial charge < -0.3 is 4.90 Å². The molecule has 2 aromatic rings. The van der Waals surface area contributed by atoms with Crippen LogP contribution in [0.15, 0.2) is 59.5 Å². The Labute approximate surface area is 137 Å². The Morgan fingerprint density at radius 3 is 2.36 bits per heavy atom. The van der Waals surface area contributed by atoms with Gasteiger partial charge in [-0.1, -0.05) is 50.6 Å². The van der Waals surface area contributed by atoms with Crippen molar-refractivity contribution < 1.29 is 4.79 Å². The fourth-order valence-corrected chi connectivity index (χ4v) is 3.14. The summed E-state index contributed by atoms with van der Waals surface area (Å²) in [4.78, 5) is 16.0. The van der Waals surface area contributed by atoms with Crippen LogP contribution in [0.25, 0.3) is 0 Å². The number of hydrogen-bond acceptors (Lipinski definition) is 2. The number of rotatable bonds is 7. The third-order valence-corrected chi connectivity index (χ3v) is 4.42. The van der Waals surface area contributed by atoms with Gasteiger partial charge in [-0.3, -0.25) is 4.79 Å². The standard InChI is InChI=1S/C19H23NOS/c1-3-5-15-20(16-11-7-6-8-12-16)19(21)17-13-9-10-14-18(17)22-4-2/h6-14H,3-5,15H2,1-2H3. The minimum atomic E-state index is 0.0937. The molecule has 0 N–H and O–H groups in total. The molecular formula is C19H23NOS. The molecule has 0 fully saturated rings. The van der Waals surface area contributed by atoms with Gasteiger partial charge in [0.15, 0.2) is 0 Å². The van der Waals surface area contributed by atoms with Gasteiger partial charge in [-0.05, 0) is 36.4 Å². The zero-order chi connectivity index (χ0) is 15.8. The van der Waals surface area contributed by atoms with Crippen molar-refractivity contribution in [2.75, 3.05) is 17.2 Å². The van der Waals surface area contributed by atoms with Crippen molar-refractivity contribution in [1.82, 2.24) is 0 Å². The molecule has 0 aliphatic heterocycles. The van der Waals surface area contributed by atoms with Crippen LogP contribution >= 0.6 is 11.8 Å². The third kappa shape index (κ3) is 4.14. The average Bonchev–Trinajstić information content (AvgIpc) is 2.57. The SMILES string of the molecule is CCCCN(C(=O)c1ccccc1SCC)c1ccccc1. The maximum absolute atomic E-state index is 13.1. The number of benzene rings is 2. The van der Waals surface area contributed by atoms with Crippen LogP contribution in [0.2, 0.25) is 0 Å². The Balaban J connectivity index is 2.33. The highest BCUT2D eigenvalue weighted by Gasteiger charge is 2.19. The van der Waals surface area contributed by atoms with Crippen LogP contribution in [0.3, 0.4) is 0 Å². The number of carbonyl (C=O) groups excluding carboxylic acids is 1. The zero-order valence-electron chi connectivity index (χ0n) is 13.3. The minimum Gasteiger partial charge on any atom is -0.308 e. The van der Waals surface area contributed by atoms with E-state index in [-0.39, 0.29) is 5.91 Å². The maximum atomic E-state index is 13.1. The molecule has 0 radical (unpaired) electrons. The number of hydrogen-bond donors (Lipinski definition) is 0. The van der Waals surface area contributed by atoms with E-state index in [4.69, 9.17) is 0 Å². The number of nitrogens with zero attached hydrogens (tertiary/aromatic N) is 1. The molecule has 22 heavy (non-hydrogen) atoms. The number of para-hydroxylation sites is 1. The van der Waals surface area contributed by atoms with E-state index in [1.807, 2.05) is 59.5 Å².